The van der Waals surface area contributed by atoms with Gasteiger partial charge in [-0.2, -0.15) is 8.78 Å². The Balaban J connectivity index is 1.70. The van der Waals surface area contributed by atoms with Crippen molar-refractivity contribution in [2.75, 3.05) is 0 Å². The molecule has 0 aliphatic heterocycles. The van der Waals surface area contributed by atoms with E-state index < -0.39 is 18.2 Å². The third-order valence-corrected chi connectivity index (χ3v) is 4.42. The zero-order valence-corrected chi connectivity index (χ0v) is 14.1. The number of hydrogen-bond acceptors (Lipinski definition) is 5. The molecule has 1 aromatic heterocycles. The van der Waals surface area contributed by atoms with Crippen LogP contribution in [0.4, 0.5) is 17.6 Å². The lowest BCUT2D eigenvalue weighted by molar-refractivity contribution is -0.0498. The van der Waals surface area contributed by atoms with Crippen LogP contribution in [0.5, 0.6) is 5.75 Å². The van der Waals surface area contributed by atoms with Gasteiger partial charge in [0.05, 0.1) is 0 Å². The molecule has 1 atom stereocenters. The fourth-order valence-corrected chi connectivity index (χ4v) is 2.94. The maximum Gasteiger partial charge on any atom is 0.387 e. The summed E-state index contributed by atoms with van der Waals surface area (Å²) in [5.74, 6) is -1.61. The third kappa shape index (κ3) is 4.34. The number of aromatic nitrogens is 2. The molecule has 0 N–H and O–H groups in total. The van der Waals surface area contributed by atoms with E-state index in [1.54, 1.807) is 6.92 Å². The summed E-state index contributed by atoms with van der Waals surface area (Å²) in [5.41, 5.74) is 1.11. The molecule has 26 heavy (non-hydrogen) atoms. The van der Waals surface area contributed by atoms with Crippen molar-refractivity contribution in [1.82, 2.24) is 10.2 Å². The van der Waals surface area contributed by atoms with Crippen LogP contribution in [-0.2, 0) is 0 Å². The predicted molar refractivity (Wildman–Crippen MR) is 87.0 cm³/mol. The highest BCUT2D eigenvalue weighted by atomic mass is 32.2. The van der Waals surface area contributed by atoms with Crippen molar-refractivity contribution in [3.63, 3.8) is 0 Å². The summed E-state index contributed by atoms with van der Waals surface area (Å²) in [6.45, 7) is -1.11. The number of thioether (sulfide) groups is 1. The van der Waals surface area contributed by atoms with Crippen LogP contribution < -0.4 is 4.74 Å². The Kier molecular flexibility index (Phi) is 5.46. The molecule has 2 aromatic carbocycles. The summed E-state index contributed by atoms with van der Waals surface area (Å²) < 4.78 is 60.4. The fourth-order valence-electron chi connectivity index (χ4n) is 2.14. The molecule has 0 amide bonds. The minimum atomic E-state index is -2.90. The molecule has 4 nitrogen and oxygen atoms in total. The quantitative estimate of drug-likeness (QED) is 0.417. The topological polar surface area (TPSA) is 48.2 Å². The van der Waals surface area contributed by atoms with Gasteiger partial charge in [-0.05, 0) is 48.9 Å². The molecule has 0 bridgehead atoms. The van der Waals surface area contributed by atoms with Crippen LogP contribution in [-0.4, -0.2) is 16.8 Å². The highest BCUT2D eigenvalue weighted by Gasteiger charge is 2.16. The lowest BCUT2D eigenvalue weighted by atomic mass is 10.1. The van der Waals surface area contributed by atoms with E-state index in [-0.39, 0.29) is 22.1 Å². The second-order valence-corrected chi connectivity index (χ2v) is 6.50. The summed E-state index contributed by atoms with van der Waals surface area (Å²) in [6.07, 6.45) is 0. The van der Waals surface area contributed by atoms with Crippen molar-refractivity contribution in [2.24, 2.45) is 0 Å². The molecule has 1 heterocycles. The fraction of sp³-hybridized carbons (Fsp3) is 0.176. The van der Waals surface area contributed by atoms with E-state index in [1.165, 1.54) is 42.1 Å². The van der Waals surface area contributed by atoms with Crippen molar-refractivity contribution < 1.29 is 26.7 Å². The average molecular weight is 384 g/mol. The minimum absolute atomic E-state index is 0.0184. The maximum absolute atomic E-state index is 13.3. The van der Waals surface area contributed by atoms with Crippen LogP contribution in [0.3, 0.4) is 0 Å². The highest BCUT2D eigenvalue weighted by Crippen LogP contribution is 2.35. The van der Waals surface area contributed by atoms with E-state index in [1.807, 2.05) is 0 Å². The summed E-state index contributed by atoms with van der Waals surface area (Å²) in [7, 11) is 0. The van der Waals surface area contributed by atoms with Gasteiger partial charge < -0.3 is 9.15 Å². The van der Waals surface area contributed by atoms with Crippen molar-refractivity contribution in [3.05, 3.63) is 59.7 Å². The van der Waals surface area contributed by atoms with Gasteiger partial charge in [-0.3, -0.25) is 0 Å². The number of benzene rings is 2. The monoisotopic (exact) mass is 384 g/mol. The van der Waals surface area contributed by atoms with Gasteiger partial charge in [-0.15, -0.1) is 10.2 Å². The average Bonchev–Trinajstić information content (AvgIpc) is 3.06. The van der Waals surface area contributed by atoms with Gasteiger partial charge in [0.2, 0.25) is 5.89 Å². The van der Waals surface area contributed by atoms with Gasteiger partial charge in [0.15, 0.2) is 11.6 Å². The van der Waals surface area contributed by atoms with E-state index in [9.17, 15) is 17.6 Å². The first-order valence-electron chi connectivity index (χ1n) is 7.42. The molecule has 1 unspecified atom stereocenters. The molecule has 0 radical (unpaired) electrons. The van der Waals surface area contributed by atoms with Crippen LogP contribution in [0.25, 0.3) is 11.5 Å². The molecule has 0 aliphatic rings. The molecular weight excluding hydrogens is 372 g/mol. The van der Waals surface area contributed by atoms with E-state index in [4.69, 9.17) is 4.42 Å². The smallest absolute Gasteiger partial charge is 0.387 e. The molecular formula is C17H12F4N2O2S. The molecule has 0 aliphatic carbocycles. The molecule has 3 rings (SSSR count). The van der Waals surface area contributed by atoms with Crippen LogP contribution >= 0.6 is 11.8 Å². The van der Waals surface area contributed by atoms with Crippen LogP contribution in [0, 0.1) is 11.6 Å². The Morgan fingerprint density at radius 2 is 1.73 bits per heavy atom. The standard InChI is InChI=1S/C17H12F4N2O2S/c1-9(11-4-7-13(18)14(19)8-11)26-17-23-22-15(25-17)10-2-5-12(6-3-10)24-16(20)21/h2-9,16H,1H3. The Labute approximate surface area is 150 Å². The zero-order valence-electron chi connectivity index (χ0n) is 13.3. The first kappa shape index (κ1) is 18.2. The van der Waals surface area contributed by atoms with E-state index >= 15 is 0 Å². The molecule has 0 saturated carbocycles. The number of alkyl halides is 2. The lowest BCUT2D eigenvalue weighted by Gasteiger charge is -2.08. The summed E-state index contributed by atoms with van der Waals surface area (Å²) in [6, 6.07) is 9.41. The van der Waals surface area contributed by atoms with Crippen molar-refractivity contribution in [3.8, 4) is 17.2 Å². The van der Waals surface area contributed by atoms with Crippen LogP contribution in [0.15, 0.2) is 52.1 Å². The third-order valence-electron chi connectivity index (χ3n) is 3.42. The molecule has 136 valence electrons. The Morgan fingerprint density at radius 1 is 1.00 bits per heavy atom. The van der Waals surface area contributed by atoms with Crippen molar-refractivity contribution in [1.29, 1.82) is 0 Å². The van der Waals surface area contributed by atoms with Gasteiger partial charge in [0.1, 0.15) is 5.75 Å². The first-order valence-corrected chi connectivity index (χ1v) is 8.30. The maximum atomic E-state index is 13.3. The molecule has 9 heteroatoms. The largest absolute Gasteiger partial charge is 0.435 e. The molecule has 3 aromatic rings. The molecule has 0 fully saturated rings. The Bertz CT molecular complexity index is 887. The second-order valence-electron chi connectivity index (χ2n) is 5.21. The normalized spacial score (nSPS) is 12.4. The summed E-state index contributed by atoms with van der Waals surface area (Å²) in [4.78, 5) is 0. The van der Waals surface area contributed by atoms with Gasteiger partial charge in [-0.25, -0.2) is 8.78 Å². The number of ether oxygens (including phenoxy) is 1. The first-order chi connectivity index (χ1) is 12.4. The SMILES string of the molecule is CC(Sc1nnc(-c2ccc(OC(F)F)cc2)o1)c1ccc(F)c(F)c1. The lowest BCUT2D eigenvalue weighted by Crippen LogP contribution is -2.01. The van der Waals surface area contributed by atoms with Gasteiger partial charge in [-0.1, -0.05) is 17.8 Å². The number of nitrogens with zero attached hydrogens (tertiary/aromatic N) is 2. The number of halogens is 4. The zero-order chi connectivity index (χ0) is 18.7. The number of rotatable bonds is 6. The molecule has 0 saturated heterocycles. The Hall–Kier alpha value is -2.55. The van der Waals surface area contributed by atoms with Crippen molar-refractivity contribution in [2.45, 2.75) is 24.0 Å². The van der Waals surface area contributed by atoms with E-state index in [2.05, 4.69) is 14.9 Å². The van der Waals surface area contributed by atoms with Crippen molar-refractivity contribution >= 4 is 11.8 Å². The minimum Gasteiger partial charge on any atom is -0.435 e. The van der Waals surface area contributed by atoms with E-state index in [0.29, 0.717) is 11.1 Å². The predicted octanol–water partition coefficient (Wildman–Crippen LogP) is 5.47. The van der Waals surface area contributed by atoms with Crippen LogP contribution in [0.1, 0.15) is 17.7 Å². The summed E-state index contributed by atoms with van der Waals surface area (Å²) >= 11 is 1.19. The molecule has 0 spiro atoms. The summed E-state index contributed by atoms with van der Waals surface area (Å²) in [5, 5.41) is 7.78. The van der Waals surface area contributed by atoms with Gasteiger partial charge in [0.25, 0.3) is 5.22 Å². The van der Waals surface area contributed by atoms with Crippen LogP contribution in [0.2, 0.25) is 0 Å². The Morgan fingerprint density at radius 3 is 2.38 bits per heavy atom. The van der Waals surface area contributed by atoms with Gasteiger partial charge in [0, 0.05) is 10.8 Å². The number of hydrogen-bond donors (Lipinski definition) is 0. The highest BCUT2D eigenvalue weighted by molar-refractivity contribution is 7.99. The van der Waals surface area contributed by atoms with E-state index in [0.717, 1.165) is 12.1 Å². The van der Waals surface area contributed by atoms with Gasteiger partial charge >= 0.3 is 6.61 Å². The second kappa shape index (κ2) is 7.77.